The number of H-pyrrole nitrogens is 1. The summed E-state index contributed by atoms with van der Waals surface area (Å²) < 4.78 is 26.9. The SMILES string of the molecule is Cc1ccc(S(=O)(=O)NC(=O)N2CCC[C@H]2C(=O)NCCc2cnc[nH]2)cc1. The molecule has 0 bridgehead atoms. The highest BCUT2D eigenvalue weighted by Gasteiger charge is 2.35. The lowest BCUT2D eigenvalue weighted by atomic mass is 10.2. The third-order valence-electron chi connectivity index (χ3n) is 4.62. The number of sulfonamides is 1. The van der Waals surface area contributed by atoms with E-state index in [-0.39, 0.29) is 10.8 Å². The molecule has 2 aromatic rings. The number of benzene rings is 1. The monoisotopic (exact) mass is 405 g/mol. The van der Waals surface area contributed by atoms with E-state index in [0.29, 0.717) is 32.4 Å². The molecule has 1 aromatic carbocycles. The molecule has 9 nitrogen and oxygen atoms in total. The molecule has 1 fully saturated rings. The van der Waals surface area contributed by atoms with Crippen molar-refractivity contribution in [2.75, 3.05) is 13.1 Å². The van der Waals surface area contributed by atoms with Crippen molar-refractivity contribution in [1.29, 1.82) is 0 Å². The van der Waals surface area contributed by atoms with Gasteiger partial charge in [-0.1, -0.05) is 17.7 Å². The topological polar surface area (TPSA) is 124 Å². The Bertz CT molecular complexity index is 925. The smallest absolute Gasteiger partial charge is 0.331 e. The molecule has 1 aliphatic rings. The molecule has 1 aliphatic heterocycles. The van der Waals surface area contributed by atoms with Crippen LogP contribution in [0, 0.1) is 6.92 Å². The molecule has 28 heavy (non-hydrogen) atoms. The van der Waals surface area contributed by atoms with E-state index >= 15 is 0 Å². The second-order valence-corrected chi connectivity index (χ2v) is 8.38. The maximum Gasteiger partial charge on any atom is 0.331 e. The van der Waals surface area contributed by atoms with Crippen molar-refractivity contribution in [3.8, 4) is 0 Å². The summed E-state index contributed by atoms with van der Waals surface area (Å²) in [4.78, 5) is 33.1. The van der Waals surface area contributed by atoms with Gasteiger partial charge in [0.1, 0.15) is 6.04 Å². The number of urea groups is 1. The van der Waals surface area contributed by atoms with Crippen molar-refractivity contribution in [1.82, 2.24) is 24.9 Å². The first kappa shape index (κ1) is 19.9. The summed E-state index contributed by atoms with van der Waals surface area (Å²) in [6.07, 6.45) is 4.96. The fraction of sp³-hybridized carbons (Fsp3) is 0.389. The van der Waals surface area contributed by atoms with Crippen LogP contribution in [0.25, 0.3) is 0 Å². The Labute approximate surface area is 163 Å². The summed E-state index contributed by atoms with van der Waals surface area (Å²) in [6, 6.07) is 4.72. The number of carbonyl (C=O) groups is 2. The normalized spacial score (nSPS) is 16.8. The van der Waals surface area contributed by atoms with Gasteiger partial charge in [0.05, 0.1) is 11.2 Å². The van der Waals surface area contributed by atoms with Gasteiger partial charge in [-0.2, -0.15) is 0 Å². The standard InChI is InChI=1S/C18H23N5O4S/c1-13-4-6-15(7-5-13)28(26,27)22-18(25)23-10-2-3-16(23)17(24)20-9-8-14-11-19-12-21-14/h4-7,11-12,16H,2-3,8-10H2,1H3,(H,19,21)(H,20,24)(H,22,25)/t16-/m0/s1. The van der Waals surface area contributed by atoms with Crippen LogP contribution in [0.2, 0.25) is 0 Å². The molecule has 3 N–H and O–H groups in total. The van der Waals surface area contributed by atoms with Crippen LogP contribution in [-0.4, -0.2) is 54.4 Å². The van der Waals surface area contributed by atoms with Crippen LogP contribution in [0.15, 0.2) is 41.7 Å². The van der Waals surface area contributed by atoms with Crippen LogP contribution in [0.3, 0.4) is 0 Å². The minimum atomic E-state index is -3.99. The Morgan fingerprint density at radius 2 is 2.04 bits per heavy atom. The number of rotatable bonds is 6. The van der Waals surface area contributed by atoms with Crippen molar-refractivity contribution >= 4 is 22.0 Å². The van der Waals surface area contributed by atoms with Gasteiger partial charge in [0.25, 0.3) is 10.0 Å². The van der Waals surface area contributed by atoms with E-state index in [4.69, 9.17) is 0 Å². The fourth-order valence-corrected chi connectivity index (χ4v) is 4.05. The number of nitrogens with one attached hydrogen (secondary N) is 3. The number of hydrogen-bond acceptors (Lipinski definition) is 5. The first-order valence-electron chi connectivity index (χ1n) is 9.02. The average Bonchev–Trinajstić information content (AvgIpc) is 3.33. The molecule has 3 amide bonds. The van der Waals surface area contributed by atoms with E-state index in [1.165, 1.54) is 17.0 Å². The van der Waals surface area contributed by atoms with E-state index in [1.54, 1.807) is 24.7 Å². The summed E-state index contributed by atoms with van der Waals surface area (Å²) in [6.45, 7) is 2.57. The average molecular weight is 405 g/mol. The number of aromatic nitrogens is 2. The number of nitrogens with zero attached hydrogens (tertiary/aromatic N) is 2. The molecule has 0 saturated carbocycles. The summed E-state index contributed by atoms with van der Waals surface area (Å²) in [5, 5.41) is 2.79. The molecule has 0 unspecified atom stereocenters. The summed E-state index contributed by atoms with van der Waals surface area (Å²) in [5.74, 6) is -0.292. The second kappa shape index (κ2) is 8.42. The number of hydrogen-bond donors (Lipinski definition) is 3. The van der Waals surface area contributed by atoms with Crippen LogP contribution < -0.4 is 10.0 Å². The predicted molar refractivity (Wildman–Crippen MR) is 102 cm³/mol. The third kappa shape index (κ3) is 4.69. The van der Waals surface area contributed by atoms with Gasteiger partial charge in [-0.05, 0) is 31.9 Å². The zero-order valence-corrected chi connectivity index (χ0v) is 16.3. The molecule has 10 heteroatoms. The lowest BCUT2D eigenvalue weighted by molar-refractivity contribution is -0.124. The highest BCUT2D eigenvalue weighted by Crippen LogP contribution is 2.18. The van der Waals surface area contributed by atoms with Gasteiger partial charge in [0.2, 0.25) is 5.91 Å². The Hall–Kier alpha value is -2.88. The Morgan fingerprint density at radius 1 is 1.29 bits per heavy atom. The van der Waals surface area contributed by atoms with Crippen LogP contribution in [0.4, 0.5) is 4.79 Å². The fourth-order valence-electron chi connectivity index (χ4n) is 3.09. The largest absolute Gasteiger partial charge is 0.354 e. The number of amides is 3. The number of aromatic amines is 1. The summed E-state index contributed by atoms with van der Waals surface area (Å²) in [5.41, 5.74) is 1.81. The lowest BCUT2D eigenvalue weighted by Gasteiger charge is -2.24. The molecule has 1 saturated heterocycles. The number of carbonyl (C=O) groups excluding carboxylic acids is 2. The molecule has 1 aromatic heterocycles. The van der Waals surface area contributed by atoms with Crippen LogP contribution in [-0.2, 0) is 21.2 Å². The Morgan fingerprint density at radius 3 is 2.71 bits per heavy atom. The van der Waals surface area contributed by atoms with Gasteiger partial charge in [0, 0.05) is 31.4 Å². The minimum Gasteiger partial charge on any atom is -0.354 e. The zero-order valence-electron chi connectivity index (χ0n) is 15.5. The van der Waals surface area contributed by atoms with Gasteiger partial charge in [-0.15, -0.1) is 0 Å². The van der Waals surface area contributed by atoms with E-state index < -0.39 is 22.1 Å². The van der Waals surface area contributed by atoms with Gasteiger partial charge < -0.3 is 15.2 Å². The molecule has 1 atom stereocenters. The molecule has 0 radical (unpaired) electrons. The maximum atomic E-state index is 12.5. The van der Waals surface area contributed by atoms with Gasteiger partial charge >= 0.3 is 6.03 Å². The van der Waals surface area contributed by atoms with Gasteiger partial charge in [-0.3, -0.25) is 4.79 Å². The molecule has 150 valence electrons. The first-order chi connectivity index (χ1) is 13.4. The van der Waals surface area contributed by atoms with E-state index in [1.807, 2.05) is 6.92 Å². The third-order valence-corrected chi connectivity index (χ3v) is 5.95. The summed E-state index contributed by atoms with van der Waals surface area (Å²) >= 11 is 0. The van der Waals surface area contributed by atoms with E-state index in [2.05, 4.69) is 20.0 Å². The summed E-state index contributed by atoms with van der Waals surface area (Å²) in [7, 11) is -3.99. The minimum absolute atomic E-state index is 0.00575. The number of imidazole rings is 1. The maximum absolute atomic E-state index is 12.5. The van der Waals surface area contributed by atoms with Crippen LogP contribution >= 0.6 is 0 Å². The van der Waals surface area contributed by atoms with Crippen LogP contribution in [0.5, 0.6) is 0 Å². The highest BCUT2D eigenvalue weighted by molar-refractivity contribution is 7.90. The van der Waals surface area contributed by atoms with Crippen molar-refractivity contribution < 1.29 is 18.0 Å². The number of aryl methyl sites for hydroxylation is 1. The highest BCUT2D eigenvalue weighted by atomic mass is 32.2. The number of likely N-dealkylation sites (tertiary alicyclic amines) is 1. The molecular formula is C18H23N5O4S. The molecular weight excluding hydrogens is 382 g/mol. The van der Waals surface area contributed by atoms with Crippen LogP contribution in [0.1, 0.15) is 24.1 Å². The lowest BCUT2D eigenvalue weighted by Crippen LogP contribution is -2.50. The molecule has 2 heterocycles. The van der Waals surface area contributed by atoms with Crippen molar-refractivity contribution in [3.05, 3.63) is 48.0 Å². The van der Waals surface area contributed by atoms with Crippen molar-refractivity contribution in [2.45, 2.75) is 37.1 Å². The van der Waals surface area contributed by atoms with E-state index in [9.17, 15) is 18.0 Å². The Kier molecular flexibility index (Phi) is 5.98. The molecule has 0 spiro atoms. The molecule has 0 aliphatic carbocycles. The zero-order chi connectivity index (χ0) is 20.1. The second-order valence-electron chi connectivity index (χ2n) is 6.69. The predicted octanol–water partition coefficient (Wildman–Crippen LogP) is 0.940. The van der Waals surface area contributed by atoms with E-state index in [0.717, 1.165) is 11.3 Å². The van der Waals surface area contributed by atoms with Gasteiger partial charge in [-0.25, -0.2) is 22.9 Å². The van der Waals surface area contributed by atoms with Crippen molar-refractivity contribution in [2.24, 2.45) is 0 Å². The van der Waals surface area contributed by atoms with Crippen molar-refractivity contribution in [3.63, 3.8) is 0 Å². The first-order valence-corrected chi connectivity index (χ1v) is 10.5. The Balaban J connectivity index is 1.59. The quantitative estimate of drug-likeness (QED) is 0.660. The molecule has 3 rings (SSSR count). The van der Waals surface area contributed by atoms with Gasteiger partial charge in [0.15, 0.2) is 0 Å².